The number of rotatable bonds is 4. The van der Waals surface area contributed by atoms with E-state index in [-0.39, 0.29) is 11.0 Å². The lowest BCUT2D eigenvalue weighted by Crippen LogP contribution is -2.16. The quantitative estimate of drug-likeness (QED) is 0.865. The minimum atomic E-state index is -3.83. The first-order valence-corrected chi connectivity index (χ1v) is 8.21. The zero-order valence-electron chi connectivity index (χ0n) is 10.2. The Morgan fingerprint density at radius 2 is 1.67 bits per heavy atom. The Morgan fingerprint density at radius 1 is 1.05 bits per heavy atom. The molecule has 6 nitrogen and oxygen atoms in total. The third-order valence-corrected chi connectivity index (χ3v) is 4.11. The Balaban J connectivity index is 2.22. The molecule has 0 fully saturated rings. The molecule has 0 aliphatic heterocycles. The van der Waals surface area contributed by atoms with Crippen LogP contribution in [0.1, 0.15) is 5.56 Å². The fraction of sp³-hybridized carbons (Fsp3) is 0.0909. The molecule has 0 atom stereocenters. The van der Waals surface area contributed by atoms with E-state index in [1.165, 1.54) is 18.2 Å². The summed E-state index contributed by atoms with van der Waals surface area (Å²) in [5, 5.41) is 17.0. The standard InChI is InChI=1S/C11H8Cl3N3O3S/c12-7-1-6(2-8(13)3-7)5-21(19,20)17-11-9(18)4-10(14)15-16-11/h1-4H,5H2,(H,15,18)(H,16,17). The molecule has 0 saturated heterocycles. The summed E-state index contributed by atoms with van der Waals surface area (Å²) >= 11 is 17.1. The fourth-order valence-corrected chi connectivity index (χ4v) is 3.36. The molecule has 1 aromatic carbocycles. The van der Waals surface area contributed by atoms with E-state index in [0.29, 0.717) is 15.6 Å². The van der Waals surface area contributed by atoms with Gasteiger partial charge in [-0.15, -0.1) is 10.2 Å². The van der Waals surface area contributed by atoms with Crippen molar-refractivity contribution < 1.29 is 13.5 Å². The van der Waals surface area contributed by atoms with Gasteiger partial charge < -0.3 is 5.11 Å². The molecule has 10 heteroatoms. The van der Waals surface area contributed by atoms with Gasteiger partial charge in [-0.25, -0.2) is 8.42 Å². The Hall–Kier alpha value is -1.28. The number of benzene rings is 1. The number of nitrogens with zero attached hydrogens (tertiary/aromatic N) is 2. The monoisotopic (exact) mass is 367 g/mol. The average Bonchev–Trinajstić information content (AvgIpc) is 2.30. The molecule has 0 aliphatic carbocycles. The summed E-state index contributed by atoms with van der Waals surface area (Å²) < 4.78 is 26.1. The van der Waals surface area contributed by atoms with Gasteiger partial charge in [0.05, 0.1) is 5.75 Å². The number of aromatic hydroxyl groups is 1. The van der Waals surface area contributed by atoms with Crippen LogP contribution >= 0.6 is 34.8 Å². The SMILES string of the molecule is O=S(=O)(Cc1cc(Cl)cc(Cl)c1)Nc1nnc(Cl)cc1O. The minimum Gasteiger partial charge on any atom is -0.504 e. The molecule has 0 spiro atoms. The van der Waals surface area contributed by atoms with E-state index in [9.17, 15) is 13.5 Å². The maximum Gasteiger partial charge on any atom is 0.238 e. The van der Waals surface area contributed by atoms with Gasteiger partial charge in [0.25, 0.3) is 0 Å². The molecule has 0 radical (unpaired) electrons. The summed E-state index contributed by atoms with van der Waals surface area (Å²) in [6, 6.07) is 5.51. The zero-order chi connectivity index (χ0) is 15.6. The highest BCUT2D eigenvalue weighted by molar-refractivity contribution is 7.91. The molecule has 0 bridgehead atoms. The van der Waals surface area contributed by atoms with Gasteiger partial charge in [0.1, 0.15) is 0 Å². The van der Waals surface area contributed by atoms with Crippen molar-refractivity contribution in [3.63, 3.8) is 0 Å². The number of halogens is 3. The van der Waals surface area contributed by atoms with E-state index >= 15 is 0 Å². The molecule has 21 heavy (non-hydrogen) atoms. The molecule has 2 rings (SSSR count). The van der Waals surface area contributed by atoms with Crippen molar-refractivity contribution >= 4 is 50.6 Å². The summed E-state index contributed by atoms with van der Waals surface area (Å²) in [6.07, 6.45) is 0. The molecule has 2 aromatic rings. The number of hydrogen-bond donors (Lipinski definition) is 2. The Morgan fingerprint density at radius 3 is 2.24 bits per heavy atom. The van der Waals surface area contributed by atoms with Gasteiger partial charge in [0.15, 0.2) is 10.9 Å². The number of nitrogens with one attached hydrogen (secondary N) is 1. The van der Waals surface area contributed by atoms with Crippen LogP contribution in [-0.4, -0.2) is 23.7 Å². The zero-order valence-corrected chi connectivity index (χ0v) is 13.3. The molecule has 0 aliphatic rings. The second-order valence-electron chi connectivity index (χ2n) is 4.04. The largest absolute Gasteiger partial charge is 0.504 e. The van der Waals surface area contributed by atoms with Gasteiger partial charge in [-0.1, -0.05) is 34.8 Å². The first-order valence-electron chi connectivity index (χ1n) is 5.43. The topological polar surface area (TPSA) is 92.2 Å². The van der Waals surface area contributed by atoms with Crippen LogP contribution in [0.5, 0.6) is 5.75 Å². The summed E-state index contributed by atoms with van der Waals surface area (Å²) in [5.41, 5.74) is 0.390. The molecule has 0 unspecified atom stereocenters. The van der Waals surface area contributed by atoms with Gasteiger partial charge in [0.2, 0.25) is 15.8 Å². The van der Waals surface area contributed by atoms with Crippen molar-refractivity contribution in [1.82, 2.24) is 10.2 Å². The van der Waals surface area contributed by atoms with Crippen LogP contribution in [0, 0.1) is 0 Å². The highest BCUT2D eigenvalue weighted by atomic mass is 35.5. The first-order chi connectivity index (χ1) is 9.75. The predicted octanol–water partition coefficient (Wildman–Crippen LogP) is 3.08. The molecular formula is C11H8Cl3N3O3S. The normalized spacial score (nSPS) is 11.4. The molecule has 2 N–H and O–H groups in total. The van der Waals surface area contributed by atoms with E-state index in [0.717, 1.165) is 6.07 Å². The van der Waals surface area contributed by atoms with Gasteiger partial charge in [-0.3, -0.25) is 4.72 Å². The summed E-state index contributed by atoms with van der Waals surface area (Å²) in [4.78, 5) is 0. The Kier molecular flexibility index (Phi) is 4.77. The van der Waals surface area contributed by atoms with Crippen LogP contribution in [0.15, 0.2) is 24.3 Å². The second-order valence-corrected chi connectivity index (χ2v) is 7.02. The lowest BCUT2D eigenvalue weighted by atomic mass is 10.2. The minimum absolute atomic E-state index is 0.0583. The third-order valence-electron chi connectivity index (χ3n) is 2.28. The van der Waals surface area contributed by atoms with Gasteiger partial charge in [0, 0.05) is 16.1 Å². The van der Waals surface area contributed by atoms with E-state index in [1.54, 1.807) is 0 Å². The van der Waals surface area contributed by atoms with E-state index in [1.807, 2.05) is 0 Å². The lowest BCUT2D eigenvalue weighted by Gasteiger charge is -2.08. The third kappa shape index (κ3) is 4.60. The molecule has 0 amide bonds. The van der Waals surface area contributed by atoms with Crippen LogP contribution in [0.3, 0.4) is 0 Å². The van der Waals surface area contributed by atoms with Crippen LogP contribution in [0.4, 0.5) is 5.82 Å². The van der Waals surface area contributed by atoms with Crippen molar-refractivity contribution in [3.05, 3.63) is 45.0 Å². The van der Waals surface area contributed by atoms with Crippen LogP contribution in [0.2, 0.25) is 15.2 Å². The van der Waals surface area contributed by atoms with Crippen molar-refractivity contribution in [2.75, 3.05) is 4.72 Å². The van der Waals surface area contributed by atoms with Crippen LogP contribution in [-0.2, 0) is 15.8 Å². The molecule has 1 aromatic heterocycles. The number of sulfonamides is 1. The molecule has 112 valence electrons. The number of hydrogen-bond acceptors (Lipinski definition) is 5. The molecular weight excluding hydrogens is 361 g/mol. The maximum absolute atomic E-state index is 12.0. The van der Waals surface area contributed by atoms with Gasteiger partial charge >= 0.3 is 0 Å². The smallest absolute Gasteiger partial charge is 0.238 e. The highest BCUT2D eigenvalue weighted by Gasteiger charge is 2.16. The molecule has 1 heterocycles. The number of anilines is 1. The number of aromatic nitrogens is 2. The predicted molar refractivity (Wildman–Crippen MR) is 81.4 cm³/mol. The van der Waals surface area contributed by atoms with Gasteiger partial charge in [-0.05, 0) is 23.8 Å². The van der Waals surface area contributed by atoms with E-state index < -0.39 is 21.5 Å². The van der Waals surface area contributed by atoms with Crippen LogP contribution < -0.4 is 4.72 Å². The summed E-state index contributed by atoms with van der Waals surface area (Å²) in [7, 11) is -3.83. The van der Waals surface area contributed by atoms with E-state index in [4.69, 9.17) is 34.8 Å². The Bertz CT molecular complexity index is 763. The van der Waals surface area contributed by atoms with Crippen molar-refractivity contribution in [2.45, 2.75) is 5.75 Å². The molecule has 0 saturated carbocycles. The van der Waals surface area contributed by atoms with Crippen molar-refractivity contribution in [3.8, 4) is 5.75 Å². The summed E-state index contributed by atoms with van der Waals surface area (Å²) in [6.45, 7) is 0. The fourth-order valence-electron chi connectivity index (χ4n) is 1.53. The average molecular weight is 369 g/mol. The van der Waals surface area contributed by atoms with Crippen molar-refractivity contribution in [1.29, 1.82) is 0 Å². The van der Waals surface area contributed by atoms with Gasteiger partial charge in [-0.2, -0.15) is 0 Å². The highest BCUT2D eigenvalue weighted by Crippen LogP contribution is 2.25. The summed E-state index contributed by atoms with van der Waals surface area (Å²) in [5.74, 6) is -1.13. The maximum atomic E-state index is 12.0. The first kappa shape index (κ1) is 16.1. The van der Waals surface area contributed by atoms with E-state index in [2.05, 4.69) is 14.9 Å². The van der Waals surface area contributed by atoms with Crippen molar-refractivity contribution in [2.24, 2.45) is 0 Å². The second kappa shape index (κ2) is 6.23. The lowest BCUT2D eigenvalue weighted by molar-refractivity contribution is 0.473. The Labute approximate surface area is 135 Å². The van der Waals surface area contributed by atoms with Crippen LogP contribution in [0.25, 0.3) is 0 Å².